The van der Waals surface area contributed by atoms with Crippen molar-refractivity contribution in [2.75, 3.05) is 6.61 Å². The maximum Gasteiger partial charge on any atom is 0.0716 e. The third kappa shape index (κ3) is 4.21. The maximum absolute atomic E-state index is 5.57. The number of hydrogen-bond donors (Lipinski definition) is 0. The van der Waals surface area contributed by atoms with E-state index in [2.05, 4.69) is 43.8 Å². The fourth-order valence-corrected chi connectivity index (χ4v) is 2.91. The zero-order valence-corrected chi connectivity index (χ0v) is 12.1. The van der Waals surface area contributed by atoms with E-state index >= 15 is 0 Å². The number of rotatable bonds is 6. The summed E-state index contributed by atoms with van der Waals surface area (Å²) in [5, 5.41) is 0. The molecule has 1 aromatic rings. The minimum absolute atomic E-state index is 0.747. The Hall–Kier alpha value is -1.08. The first-order valence-electron chi connectivity index (χ1n) is 7.62. The standard InChI is InChI=1S/C18H26O/c1-3-13-19-14-16-7-11-18(12-8-16)17-9-5-15(4-2)6-10-17/h4,7-8,11-12,15,17H,2-3,5-6,9-10,13-14H2,1H3/t15-,17-. The van der Waals surface area contributed by atoms with E-state index < -0.39 is 0 Å². The van der Waals surface area contributed by atoms with Crippen molar-refractivity contribution in [3.05, 3.63) is 48.0 Å². The Balaban J connectivity index is 1.86. The SMILES string of the molecule is C=C[C@H]1CC[C@H](c2ccc(COCCC)cc2)CC1. The first-order chi connectivity index (χ1) is 9.33. The van der Waals surface area contributed by atoms with Crippen LogP contribution in [-0.2, 0) is 11.3 Å². The highest BCUT2D eigenvalue weighted by atomic mass is 16.5. The van der Waals surface area contributed by atoms with Crippen molar-refractivity contribution in [1.29, 1.82) is 0 Å². The second kappa shape index (κ2) is 7.49. The summed E-state index contributed by atoms with van der Waals surface area (Å²) in [6, 6.07) is 9.04. The summed E-state index contributed by atoms with van der Waals surface area (Å²) >= 11 is 0. The van der Waals surface area contributed by atoms with Crippen LogP contribution in [0.15, 0.2) is 36.9 Å². The van der Waals surface area contributed by atoms with Gasteiger partial charge in [-0.25, -0.2) is 0 Å². The van der Waals surface area contributed by atoms with Gasteiger partial charge in [0.1, 0.15) is 0 Å². The van der Waals surface area contributed by atoms with Gasteiger partial charge in [0, 0.05) is 6.61 Å². The zero-order valence-electron chi connectivity index (χ0n) is 12.1. The fourth-order valence-electron chi connectivity index (χ4n) is 2.91. The zero-order chi connectivity index (χ0) is 13.5. The molecule has 0 amide bonds. The quantitative estimate of drug-likeness (QED) is 0.511. The van der Waals surface area contributed by atoms with Crippen molar-refractivity contribution in [3.63, 3.8) is 0 Å². The Morgan fingerprint density at radius 1 is 1.16 bits per heavy atom. The summed E-state index contributed by atoms with van der Waals surface area (Å²) in [5.41, 5.74) is 2.79. The van der Waals surface area contributed by atoms with Gasteiger partial charge in [0.05, 0.1) is 6.61 Å². The molecular weight excluding hydrogens is 232 g/mol. The van der Waals surface area contributed by atoms with Crippen molar-refractivity contribution in [2.45, 2.75) is 51.6 Å². The molecule has 0 saturated heterocycles. The summed E-state index contributed by atoms with van der Waals surface area (Å²) in [4.78, 5) is 0. The van der Waals surface area contributed by atoms with Gasteiger partial charge >= 0.3 is 0 Å². The molecule has 0 radical (unpaired) electrons. The van der Waals surface area contributed by atoms with Gasteiger partial charge in [-0.15, -0.1) is 6.58 Å². The van der Waals surface area contributed by atoms with Crippen LogP contribution in [0.2, 0.25) is 0 Å². The Morgan fingerprint density at radius 3 is 2.42 bits per heavy atom. The van der Waals surface area contributed by atoms with Gasteiger partial charge in [0.15, 0.2) is 0 Å². The summed E-state index contributed by atoms with van der Waals surface area (Å²) < 4.78 is 5.57. The molecule has 1 saturated carbocycles. The van der Waals surface area contributed by atoms with Gasteiger partial charge in [-0.1, -0.05) is 37.3 Å². The minimum Gasteiger partial charge on any atom is -0.377 e. The van der Waals surface area contributed by atoms with Crippen LogP contribution >= 0.6 is 0 Å². The molecule has 0 spiro atoms. The third-order valence-corrected chi connectivity index (χ3v) is 4.17. The van der Waals surface area contributed by atoms with Crippen LogP contribution < -0.4 is 0 Å². The lowest BCUT2D eigenvalue weighted by molar-refractivity contribution is 0.121. The van der Waals surface area contributed by atoms with Crippen molar-refractivity contribution in [1.82, 2.24) is 0 Å². The van der Waals surface area contributed by atoms with E-state index in [0.29, 0.717) is 0 Å². The van der Waals surface area contributed by atoms with E-state index in [-0.39, 0.29) is 0 Å². The predicted octanol–water partition coefficient (Wildman–Crippen LogP) is 5.07. The van der Waals surface area contributed by atoms with E-state index in [9.17, 15) is 0 Å². The van der Waals surface area contributed by atoms with Gasteiger partial charge in [-0.05, 0) is 55.1 Å². The number of ether oxygens (including phenoxy) is 1. The Bertz CT molecular complexity index is 371. The van der Waals surface area contributed by atoms with E-state index in [1.807, 2.05) is 0 Å². The van der Waals surface area contributed by atoms with Gasteiger partial charge in [0.25, 0.3) is 0 Å². The molecule has 2 rings (SSSR count). The maximum atomic E-state index is 5.57. The minimum atomic E-state index is 0.747. The van der Waals surface area contributed by atoms with Crippen molar-refractivity contribution in [3.8, 4) is 0 Å². The van der Waals surface area contributed by atoms with E-state index in [0.717, 1.165) is 31.5 Å². The number of hydrogen-bond acceptors (Lipinski definition) is 1. The average molecular weight is 258 g/mol. The van der Waals surface area contributed by atoms with Crippen LogP contribution in [0.3, 0.4) is 0 Å². The molecule has 1 aliphatic rings. The van der Waals surface area contributed by atoms with Gasteiger partial charge in [-0.3, -0.25) is 0 Å². The molecule has 104 valence electrons. The molecule has 1 aliphatic carbocycles. The molecule has 0 atom stereocenters. The first-order valence-corrected chi connectivity index (χ1v) is 7.62. The van der Waals surface area contributed by atoms with Crippen LogP contribution in [0.25, 0.3) is 0 Å². The summed E-state index contributed by atoms with van der Waals surface area (Å²) in [7, 11) is 0. The molecule has 1 fully saturated rings. The molecule has 0 aliphatic heterocycles. The number of benzene rings is 1. The van der Waals surface area contributed by atoms with E-state index in [4.69, 9.17) is 4.74 Å². The van der Waals surface area contributed by atoms with E-state index in [1.54, 1.807) is 0 Å². The van der Waals surface area contributed by atoms with Crippen LogP contribution in [0, 0.1) is 5.92 Å². The second-order valence-corrected chi connectivity index (χ2v) is 5.64. The molecule has 1 heteroatoms. The normalized spacial score (nSPS) is 23.2. The summed E-state index contributed by atoms with van der Waals surface area (Å²) in [6.45, 7) is 7.66. The lowest BCUT2D eigenvalue weighted by atomic mass is 9.79. The molecule has 0 N–H and O–H groups in total. The monoisotopic (exact) mass is 258 g/mol. The molecule has 0 heterocycles. The highest BCUT2D eigenvalue weighted by molar-refractivity contribution is 5.25. The van der Waals surface area contributed by atoms with Crippen molar-refractivity contribution in [2.24, 2.45) is 5.92 Å². The second-order valence-electron chi connectivity index (χ2n) is 5.64. The predicted molar refractivity (Wildman–Crippen MR) is 81.3 cm³/mol. The smallest absolute Gasteiger partial charge is 0.0716 e. The molecular formula is C18H26O. The Kier molecular flexibility index (Phi) is 5.65. The van der Waals surface area contributed by atoms with Gasteiger partial charge in [0.2, 0.25) is 0 Å². The molecule has 0 unspecified atom stereocenters. The molecule has 0 aromatic heterocycles. The van der Waals surface area contributed by atoms with Crippen LogP contribution in [0.5, 0.6) is 0 Å². The first kappa shape index (κ1) is 14.3. The van der Waals surface area contributed by atoms with Crippen LogP contribution in [-0.4, -0.2) is 6.61 Å². The molecule has 19 heavy (non-hydrogen) atoms. The highest BCUT2D eigenvalue weighted by Gasteiger charge is 2.20. The Morgan fingerprint density at radius 2 is 1.84 bits per heavy atom. The fraction of sp³-hybridized carbons (Fsp3) is 0.556. The third-order valence-electron chi connectivity index (χ3n) is 4.17. The van der Waals surface area contributed by atoms with Gasteiger partial charge in [-0.2, -0.15) is 0 Å². The van der Waals surface area contributed by atoms with Crippen LogP contribution in [0.1, 0.15) is 56.1 Å². The molecule has 1 aromatic carbocycles. The van der Waals surface area contributed by atoms with E-state index in [1.165, 1.54) is 36.8 Å². The van der Waals surface area contributed by atoms with Crippen molar-refractivity contribution >= 4 is 0 Å². The Labute approximate surface area is 117 Å². The largest absolute Gasteiger partial charge is 0.377 e. The highest BCUT2D eigenvalue weighted by Crippen LogP contribution is 2.36. The van der Waals surface area contributed by atoms with Crippen molar-refractivity contribution < 1.29 is 4.74 Å². The summed E-state index contributed by atoms with van der Waals surface area (Å²) in [6.07, 6.45) is 8.44. The average Bonchev–Trinajstić information content (AvgIpc) is 2.48. The van der Waals surface area contributed by atoms with Gasteiger partial charge < -0.3 is 4.74 Å². The summed E-state index contributed by atoms with van der Waals surface area (Å²) in [5.74, 6) is 1.50. The lowest BCUT2D eigenvalue weighted by Crippen LogP contribution is -2.11. The van der Waals surface area contributed by atoms with Crippen LogP contribution in [0.4, 0.5) is 0 Å². The lowest BCUT2D eigenvalue weighted by Gasteiger charge is -2.27. The molecule has 0 bridgehead atoms. The topological polar surface area (TPSA) is 9.23 Å². The number of allylic oxidation sites excluding steroid dienone is 1. The molecule has 1 nitrogen and oxygen atoms in total.